The average Bonchev–Trinajstić information content (AvgIpc) is 3.39. The Bertz CT molecular complexity index is 504. The third kappa shape index (κ3) is 8.38. The number of rotatable bonds is 8. The molecule has 2 fully saturated rings. The summed E-state index contributed by atoms with van der Waals surface area (Å²) in [5.74, 6) is 0.879. The first kappa shape index (κ1) is 22.2. The van der Waals surface area contributed by atoms with Crippen molar-refractivity contribution in [3.05, 3.63) is 35.4 Å². The van der Waals surface area contributed by atoms with Crippen LogP contribution in [0.4, 0.5) is 0 Å². The zero-order chi connectivity index (χ0) is 15.9. The van der Waals surface area contributed by atoms with Gasteiger partial charge in [-0.25, -0.2) is 0 Å². The monoisotopic (exact) mass is 389 g/mol. The first-order valence-electron chi connectivity index (χ1n) is 8.65. The molecule has 1 aliphatic heterocycles. The fourth-order valence-electron chi connectivity index (χ4n) is 2.75. The van der Waals surface area contributed by atoms with Crippen LogP contribution in [0.15, 0.2) is 24.3 Å². The van der Waals surface area contributed by atoms with Gasteiger partial charge in [-0.05, 0) is 36.4 Å². The van der Waals surface area contributed by atoms with Gasteiger partial charge < -0.3 is 15.4 Å². The molecule has 3 rings (SSSR count). The molecule has 0 aromatic heterocycles. The normalized spacial score (nSPS) is 17.3. The summed E-state index contributed by atoms with van der Waals surface area (Å²) in [5.41, 5.74) is 2.46. The van der Waals surface area contributed by atoms with Gasteiger partial charge in [-0.2, -0.15) is 0 Å². The van der Waals surface area contributed by atoms with Crippen LogP contribution >= 0.6 is 24.8 Å². The molecule has 0 unspecified atom stereocenters. The summed E-state index contributed by atoms with van der Waals surface area (Å²) in [4.78, 5) is 14.2. The van der Waals surface area contributed by atoms with E-state index in [0.717, 1.165) is 50.9 Å². The summed E-state index contributed by atoms with van der Waals surface area (Å²) < 4.78 is 5.37. The molecule has 7 heteroatoms. The maximum absolute atomic E-state index is 11.8. The maximum Gasteiger partial charge on any atom is 0.234 e. The molecular formula is C18H29Cl2N3O2. The molecule has 0 atom stereocenters. The second-order valence-electron chi connectivity index (χ2n) is 6.56. The van der Waals surface area contributed by atoms with Crippen molar-refractivity contribution in [1.82, 2.24) is 15.5 Å². The zero-order valence-corrected chi connectivity index (χ0v) is 16.2. The van der Waals surface area contributed by atoms with Crippen LogP contribution in [0.2, 0.25) is 0 Å². The molecule has 2 N–H and O–H groups in total. The van der Waals surface area contributed by atoms with E-state index in [9.17, 15) is 4.79 Å². The fourth-order valence-corrected chi connectivity index (χ4v) is 2.75. The Morgan fingerprint density at radius 1 is 1.08 bits per heavy atom. The first-order chi connectivity index (χ1) is 11.3. The summed E-state index contributed by atoms with van der Waals surface area (Å²) in [5, 5.41) is 6.18. The van der Waals surface area contributed by atoms with Crippen LogP contribution in [0.5, 0.6) is 0 Å². The van der Waals surface area contributed by atoms with Gasteiger partial charge in [-0.3, -0.25) is 9.69 Å². The van der Waals surface area contributed by atoms with Crippen LogP contribution in [0, 0.1) is 5.92 Å². The van der Waals surface area contributed by atoms with Gasteiger partial charge in [0.2, 0.25) is 5.91 Å². The lowest BCUT2D eigenvalue weighted by atomic mass is 10.1. The van der Waals surface area contributed by atoms with Gasteiger partial charge >= 0.3 is 0 Å². The molecule has 0 spiro atoms. The summed E-state index contributed by atoms with van der Waals surface area (Å²) >= 11 is 0. The van der Waals surface area contributed by atoms with E-state index < -0.39 is 0 Å². The van der Waals surface area contributed by atoms with Crippen molar-refractivity contribution in [2.75, 3.05) is 39.4 Å². The van der Waals surface area contributed by atoms with Gasteiger partial charge in [0.15, 0.2) is 0 Å². The van der Waals surface area contributed by atoms with Crippen molar-refractivity contribution in [1.29, 1.82) is 0 Å². The predicted molar refractivity (Wildman–Crippen MR) is 104 cm³/mol. The summed E-state index contributed by atoms with van der Waals surface area (Å²) in [6.07, 6.45) is 2.62. The van der Waals surface area contributed by atoms with E-state index in [0.29, 0.717) is 13.1 Å². The van der Waals surface area contributed by atoms with E-state index in [1.807, 2.05) is 0 Å². The predicted octanol–water partition coefficient (Wildman–Crippen LogP) is 1.98. The van der Waals surface area contributed by atoms with Crippen LogP contribution < -0.4 is 10.6 Å². The number of hydrogen-bond acceptors (Lipinski definition) is 4. The minimum atomic E-state index is 0. The number of morpholine rings is 1. The molecule has 1 aromatic carbocycles. The summed E-state index contributed by atoms with van der Waals surface area (Å²) in [7, 11) is 0. The average molecular weight is 390 g/mol. The molecule has 0 radical (unpaired) electrons. The van der Waals surface area contributed by atoms with E-state index in [1.54, 1.807) is 0 Å². The van der Waals surface area contributed by atoms with E-state index >= 15 is 0 Å². The summed E-state index contributed by atoms with van der Waals surface area (Å²) in [6.45, 7) is 6.65. The minimum Gasteiger partial charge on any atom is -0.379 e. The Morgan fingerprint density at radius 3 is 2.36 bits per heavy atom. The third-order valence-corrected chi connectivity index (χ3v) is 4.44. The number of benzene rings is 1. The lowest BCUT2D eigenvalue weighted by molar-refractivity contribution is -0.120. The number of nitrogens with zero attached hydrogens (tertiary/aromatic N) is 1. The molecule has 1 aromatic rings. The van der Waals surface area contributed by atoms with Gasteiger partial charge in [0.1, 0.15) is 0 Å². The van der Waals surface area contributed by atoms with Crippen molar-refractivity contribution in [3.63, 3.8) is 0 Å². The van der Waals surface area contributed by atoms with Crippen molar-refractivity contribution in [3.8, 4) is 0 Å². The quantitative estimate of drug-likeness (QED) is 0.713. The first-order valence-corrected chi connectivity index (χ1v) is 8.65. The van der Waals surface area contributed by atoms with Gasteiger partial charge in [-0.1, -0.05) is 24.3 Å². The molecule has 1 saturated carbocycles. The van der Waals surface area contributed by atoms with E-state index in [-0.39, 0.29) is 30.7 Å². The molecule has 142 valence electrons. The van der Waals surface area contributed by atoms with Crippen LogP contribution in [0.1, 0.15) is 24.0 Å². The lowest BCUT2D eigenvalue weighted by Crippen LogP contribution is -2.35. The highest BCUT2D eigenvalue weighted by Gasteiger charge is 2.20. The standard InChI is InChI=1S/C18H27N3O2.2ClH/c22-18(13-19-11-15-1-2-15)20-12-16-3-5-17(6-4-16)14-21-7-9-23-10-8-21;;/h3-6,15,19H,1-2,7-14H2,(H,20,22);2*1H. The molecule has 2 aliphatic rings. The Labute approximate surface area is 162 Å². The second kappa shape index (κ2) is 11.7. The Kier molecular flexibility index (Phi) is 10.4. The van der Waals surface area contributed by atoms with Crippen molar-refractivity contribution in [2.24, 2.45) is 5.92 Å². The van der Waals surface area contributed by atoms with Crippen LogP contribution in [0.3, 0.4) is 0 Å². The number of amides is 1. The summed E-state index contributed by atoms with van der Waals surface area (Å²) in [6, 6.07) is 8.52. The van der Waals surface area contributed by atoms with Gasteiger partial charge in [0, 0.05) is 26.2 Å². The van der Waals surface area contributed by atoms with Crippen molar-refractivity contribution >= 4 is 30.7 Å². The fraction of sp³-hybridized carbons (Fsp3) is 0.611. The molecule has 1 heterocycles. The van der Waals surface area contributed by atoms with Crippen molar-refractivity contribution in [2.45, 2.75) is 25.9 Å². The van der Waals surface area contributed by atoms with Gasteiger partial charge in [0.05, 0.1) is 19.8 Å². The topological polar surface area (TPSA) is 53.6 Å². The number of hydrogen-bond donors (Lipinski definition) is 2. The lowest BCUT2D eigenvalue weighted by Gasteiger charge is -2.26. The van der Waals surface area contributed by atoms with Crippen molar-refractivity contribution < 1.29 is 9.53 Å². The zero-order valence-electron chi connectivity index (χ0n) is 14.5. The van der Waals surface area contributed by atoms with Gasteiger partial charge in [-0.15, -0.1) is 24.8 Å². The molecule has 1 saturated heterocycles. The Morgan fingerprint density at radius 2 is 1.72 bits per heavy atom. The smallest absolute Gasteiger partial charge is 0.234 e. The van der Waals surface area contributed by atoms with E-state index in [1.165, 1.54) is 18.4 Å². The SMILES string of the molecule is Cl.Cl.O=C(CNCC1CC1)NCc1ccc(CN2CCOCC2)cc1. The highest BCUT2D eigenvalue weighted by molar-refractivity contribution is 5.85. The Hall–Kier alpha value is -0.850. The second-order valence-corrected chi connectivity index (χ2v) is 6.56. The number of halogens is 2. The highest BCUT2D eigenvalue weighted by Crippen LogP contribution is 2.27. The molecule has 0 bridgehead atoms. The number of carbonyl (C=O) groups excluding carboxylic acids is 1. The van der Waals surface area contributed by atoms with Crippen LogP contribution in [0.25, 0.3) is 0 Å². The number of ether oxygens (including phenoxy) is 1. The molecule has 1 amide bonds. The van der Waals surface area contributed by atoms with Crippen LogP contribution in [-0.2, 0) is 22.6 Å². The third-order valence-electron chi connectivity index (χ3n) is 4.44. The van der Waals surface area contributed by atoms with Gasteiger partial charge in [0.25, 0.3) is 0 Å². The molecule has 5 nitrogen and oxygen atoms in total. The van der Waals surface area contributed by atoms with Crippen LogP contribution in [-0.4, -0.2) is 50.2 Å². The Balaban J connectivity index is 0.00000156. The van der Waals surface area contributed by atoms with E-state index in [2.05, 4.69) is 39.8 Å². The maximum atomic E-state index is 11.8. The molecule has 25 heavy (non-hydrogen) atoms. The largest absolute Gasteiger partial charge is 0.379 e. The minimum absolute atomic E-state index is 0. The number of carbonyl (C=O) groups is 1. The van der Waals surface area contributed by atoms with E-state index in [4.69, 9.17) is 4.74 Å². The highest BCUT2D eigenvalue weighted by atomic mass is 35.5. The molecular weight excluding hydrogens is 361 g/mol. The number of nitrogens with one attached hydrogen (secondary N) is 2. The molecule has 1 aliphatic carbocycles.